The maximum absolute atomic E-state index is 2.60. The fraction of sp³-hybridized carbons (Fsp3) is 0.0169. The van der Waals surface area contributed by atoms with E-state index in [1.165, 1.54) is 174 Å². The van der Waals surface area contributed by atoms with E-state index >= 15 is 0 Å². The van der Waals surface area contributed by atoms with Crippen LogP contribution in [0, 0.1) is 0 Å². The lowest BCUT2D eigenvalue weighted by molar-refractivity contribution is 0.724. The van der Waals surface area contributed by atoms with E-state index in [4.69, 9.17) is 0 Å². The van der Waals surface area contributed by atoms with Crippen molar-refractivity contribution in [3.05, 3.63) is 493 Å². The molecule has 2 spiro atoms. The third-order valence-corrected chi connectivity index (χ3v) is 29.3. The van der Waals surface area contributed by atoms with Crippen molar-refractivity contribution in [2.24, 2.45) is 0 Å². The van der Waals surface area contributed by atoms with Gasteiger partial charge in [0.2, 0.25) is 0 Å². The molecule has 22 aromatic rings. The second-order valence-electron chi connectivity index (χ2n) is 33.3. The van der Waals surface area contributed by atoms with Gasteiger partial charge in [-0.15, -0.1) is 0 Å². The first-order valence-electron chi connectivity index (χ1n) is 42.7. The average Bonchev–Trinajstić information content (AvgIpc) is 1.50. The van der Waals surface area contributed by atoms with Crippen molar-refractivity contribution in [2.45, 2.75) is 30.4 Å². The van der Waals surface area contributed by atoms with E-state index in [0.29, 0.717) is 0 Å². The predicted octanol–water partition coefficient (Wildman–Crippen LogP) is 31.8. The Morgan fingerprint density at radius 2 is 0.492 bits per heavy atom. The number of nitrogens with zero attached hydrogens (tertiary/aromatic N) is 4. The molecule has 26 rings (SSSR count). The number of rotatable bonds is 11. The average molecular weight is 1610 g/mol. The van der Waals surface area contributed by atoms with E-state index in [2.05, 4.69) is 468 Å². The molecule has 578 valence electrons. The molecule has 4 heterocycles. The van der Waals surface area contributed by atoms with Crippen molar-refractivity contribution in [1.29, 1.82) is 0 Å². The predicted molar refractivity (Wildman–Crippen MR) is 519 cm³/mol. The number of hydrogen-bond acceptors (Lipinski definition) is 4. The fourth-order valence-corrected chi connectivity index (χ4v) is 24.1. The van der Waals surface area contributed by atoms with Crippen LogP contribution < -0.4 is 9.80 Å². The van der Waals surface area contributed by atoms with E-state index in [-0.39, 0.29) is 0 Å². The SMILES string of the molecule is c1ccc(-c2ccc(N(c3ccccc3)c3ccc(-n4c5cc6c(cc5c5c7ccc(-c8ccc9c(ccc%10c9c9cc%11c(cc9n%10-c9ccc(N(c%10ccccc%10)c%10ccc(-c%12ccccc%12)cc%10)cc9)C9(c%10ccccc%10S%11)c%10ccccc%10-c%10ccccc%109)c8)cc7ccc54)C4(c5ccccc5S6)c5ccccc5-c5ccccc54)cc3)cc2)cc1. The molecule has 0 saturated heterocycles. The first-order valence-corrected chi connectivity index (χ1v) is 44.4. The summed E-state index contributed by atoms with van der Waals surface area (Å²) in [5.41, 5.74) is 35.1. The van der Waals surface area contributed by atoms with Gasteiger partial charge in [0, 0.05) is 86.6 Å². The van der Waals surface area contributed by atoms with E-state index in [0.717, 1.165) is 56.5 Å². The second-order valence-corrected chi connectivity index (χ2v) is 35.4. The third-order valence-electron chi connectivity index (χ3n) is 27.0. The van der Waals surface area contributed by atoms with E-state index in [1.54, 1.807) is 0 Å². The smallest absolute Gasteiger partial charge is 0.0736 e. The molecular weight excluding hydrogens is 1540 g/mol. The van der Waals surface area contributed by atoms with Gasteiger partial charge in [0.15, 0.2) is 0 Å². The highest BCUT2D eigenvalue weighted by molar-refractivity contribution is 7.99. The number of hydrogen-bond donors (Lipinski definition) is 0. The van der Waals surface area contributed by atoms with Gasteiger partial charge in [-0.25, -0.2) is 0 Å². The molecule has 2 aromatic heterocycles. The molecule has 2 aliphatic heterocycles. The van der Waals surface area contributed by atoms with E-state index < -0.39 is 10.8 Å². The lowest BCUT2D eigenvalue weighted by Crippen LogP contribution is -2.32. The van der Waals surface area contributed by atoms with Gasteiger partial charge in [-0.2, -0.15) is 0 Å². The first-order chi connectivity index (χ1) is 61.5. The summed E-state index contributed by atoms with van der Waals surface area (Å²) >= 11 is 3.82. The molecule has 6 heteroatoms. The summed E-state index contributed by atoms with van der Waals surface area (Å²) in [4.78, 5) is 9.84. The van der Waals surface area contributed by atoms with Crippen molar-refractivity contribution >= 4 is 123 Å². The number of benzene rings is 20. The Hall–Kier alpha value is -15.2. The Morgan fingerprint density at radius 1 is 0.185 bits per heavy atom. The van der Waals surface area contributed by atoms with Gasteiger partial charge in [0.05, 0.1) is 32.9 Å². The molecule has 4 aliphatic rings. The van der Waals surface area contributed by atoms with Gasteiger partial charge < -0.3 is 18.9 Å². The molecule has 0 radical (unpaired) electrons. The van der Waals surface area contributed by atoms with Gasteiger partial charge >= 0.3 is 0 Å². The van der Waals surface area contributed by atoms with Crippen LogP contribution in [0.1, 0.15) is 44.5 Å². The highest BCUT2D eigenvalue weighted by Gasteiger charge is 2.52. The van der Waals surface area contributed by atoms with Crippen LogP contribution in [-0.2, 0) is 10.8 Å². The maximum Gasteiger partial charge on any atom is 0.0736 e. The molecule has 4 nitrogen and oxygen atoms in total. The van der Waals surface area contributed by atoms with Crippen LogP contribution in [-0.4, -0.2) is 9.13 Å². The topological polar surface area (TPSA) is 16.3 Å². The number of para-hydroxylation sites is 2. The first kappa shape index (κ1) is 70.6. The van der Waals surface area contributed by atoms with Crippen LogP contribution in [0.4, 0.5) is 34.1 Å². The van der Waals surface area contributed by atoms with Gasteiger partial charge in [-0.1, -0.05) is 315 Å². The van der Waals surface area contributed by atoms with Crippen LogP contribution in [0.2, 0.25) is 0 Å². The molecule has 124 heavy (non-hydrogen) atoms. The van der Waals surface area contributed by atoms with Crippen molar-refractivity contribution < 1.29 is 0 Å². The van der Waals surface area contributed by atoms with Gasteiger partial charge in [0.25, 0.3) is 0 Å². The Balaban J connectivity index is 0.645. The summed E-state index contributed by atoms with van der Waals surface area (Å²) < 4.78 is 5.09. The van der Waals surface area contributed by atoms with E-state index in [1.807, 2.05) is 23.5 Å². The van der Waals surface area contributed by atoms with Crippen LogP contribution in [0.5, 0.6) is 0 Å². The van der Waals surface area contributed by atoms with Gasteiger partial charge in [-0.05, 0) is 279 Å². The summed E-state index contributed by atoms with van der Waals surface area (Å²) in [5.74, 6) is 0. The second kappa shape index (κ2) is 27.7. The Bertz CT molecular complexity index is 8050. The summed E-state index contributed by atoms with van der Waals surface area (Å²) in [6, 6.07) is 169. The molecule has 20 aromatic carbocycles. The summed E-state index contributed by atoms with van der Waals surface area (Å²) in [6.45, 7) is 0. The summed E-state index contributed by atoms with van der Waals surface area (Å²) in [6.07, 6.45) is 0. The van der Waals surface area contributed by atoms with Crippen molar-refractivity contribution in [2.75, 3.05) is 9.80 Å². The van der Waals surface area contributed by atoms with E-state index in [9.17, 15) is 0 Å². The molecule has 0 bridgehead atoms. The fourth-order valence-electron chi connectivity index (χ4n) is 21.7. The van der Waals surface area contributed by atoms with Gasteiger partial charge in [-0.3, -0.25) is 0 Å². The maximum atomic E-state index is 2.60. The van der Waals surface area contributed by atoms with Crippen LogP contribution in [0.15, 0.2) is 468 Å². The highest BCUT2D eigenvalue weighted by Crippen LogP contribution is 2.66. The minimum Gasteiger partial charge on any atom is -0.311 e. The molecule has 0 amide bonds. The zero-order chi connectivity index (χ0) is 81.3. The van der Waals surface area contributed by atoms with Crippen molar-refractivity contribution in [3.8, 4) is 67.0 Å². The molecule has 2 aliphatic carbocycles. The molecule has 0 fully saturated rings. The molecule has 0 atom stereocenters. The number of aromatic nitrogens is 2. The molecule has 0 N–H and O–H groups in total. The Labute approximate surface area is 727 Å². The number of fused-ring (bicyclic) bond motifs is 28. The van der Waals surface area contributed by atoms with Crippen LogP contribution in [0.3, 0.4) is 0 Å². The normalized spacial score (nSPS) is 13.4. The monoisotopic (exact) mass is 1610 g/mol. The Kier molecular flexibility index (Phi) is 15.8. The minimum absolute atomic E-state index is 0.555. The van der Waals surface area contributed by atoms with Crippen molar-refractivity contribution in [3.63, 3.8) is 0 Å². The molecule has 0 unspecified atom stereocenters. The Morgan fingerprint density at radius 3 is 0.903 bits per heavy atom. The third kappa shape index (κ3) is 10.4. The van der Waals surface area contributed by atoms with Crippen LogP contribution >= 0.6 is 23.5 Å². The highest BCUT2D eigenvalue weighted by atomic mass is 32.2. The summed E-state index contributed by atoms with van der Waals surface area (Å²) in [5, 5.41) is 9.72. The van der Waals surface area contributed by atoms with Gasteiger partial charge in [0.1, 0.15) is 0 Å². The van der Waals surface area contributed by atoms with Crippen LogP contribution in [0.25, 0.3) is 132 Å². The molecular formula is C118H74N4S2. The lowest BCUT2D eigenvalue weighted by Gasteiger charge is -2.39. The quantitative estimate of drug-likeness (QED) is 0.128. The summed E-state index contributed by atoms with van der Waals surface area (Å²) in [7, 11) is 0. The van der Waals surface area contributed by atoms with Crippen molar-refractivity contribution in [1.82, 2.24) is 9.13 Å². The largest absolute Gasteiger partial charge is 0.311 e. The zero-order valence-electron chi connectivity index (χ0n) is 67.3. The zero-order valence-corrected chi connectivity index (χ0v) is 69.0. The number of anilines is 6. The lowest BCUT2D eigenvalue weighted by atomic mass is 9.67. The molecule has 0 saturated carbocycles. The minimum atomic E-state index is -0.560. The standard InChI is InChI=1S/C118H74N4S2/c1-5-25-75(26-6-1)77-45-53-85(54-46-77)119(83-29-9-3-10-30-83)87-57-61-89(62-58-87)121-108-68-52-82-70-80(50-66-92(82)116(108)98-72-113-106(73-109(98)121)118(104-42-22-23-43-111(104)123-113)101-39-19-15-35-95(101)96-36-16-20-40-102(96)118)79-49-65-91-81(69-79)51-67-107-115(91)97-71-105-114(124-112-44-24-21-41-103(112)117(105)99-37-17-13-33-93(99)94-34-14-18-38-100(94)117)74-110(97)122(107)90-63-59-88(60-64-90)120(84-31-11-4-12-32-84)86-55-47-78(48-56-86)76-27-7-2-8-28-76/h1-74H.